The average molecular weight is 499 g/mol. The number of nitrogens with one attached hydrogen (secondary N) is 1. The van der Waals surface area contributed by atoms with Crippen molar-refractivity contribution in [2.75, 3.05) is 12.3 Å². The summed E-state index contributed by atoms with van der Waals surface area (Å²) in [6.07, 6.45) is 0.398. The summed E-state index contributed by atoms with van der Waals surface area (Å²) in [4.78, 5) is 28.2. The number of carbonyl (C=O) groups is 2. The van der Waals surface area contributed by atoms with Gasteiger partial charge in [0.1, 0.15) is 11.9 Å². The smallest absolute Gasteiger partial charge is 0.243 e. The van der Waals surface area contributed by atoms with Gasteiger partial charge in [-0.25, -0.2) is 4.39 Å². The molecule has 0 radical (unpaired) electrons. The van der Waals surface area contributed by atoms with E-state index in [4.69, 9.17) is 11.6 Å². The van der Waals surface area contributed by atoms with Gasteiger partial charge in [-0.05, 0) is 30.2 Å². The molecule has 3 aromatic carbocycles. The van der Waals surface area contributed by atoms with Crippen LogP contribution in [0.5, 0.6) is 0 Å². The molecular weight excluding hydrogens is 471 g/mol. The number of amides is 2. The van der Waals surface area contributed by atoms with E-state index in [0.29, 0.717) is 30.1 Å². The lowest BCUT2D eigenvalue weighted by Crippen LogP contribution is -2.51. The van der Waals surface area contributed by atoms with Crippen molar-refractivity contribution in [3.05, 3.63) is 106 Å². The molecule has 0 bridgehead atoms. The first kappa shape index (κ1) is 25.8. The molecule has 3 rings (SSSR count). The second kappa shape index (κ2) is 13.2. The Kier molecular flexibility index (Phi) is 9.98. The van der Waals surface area contributed by atoms with E-state index < -0.39 is 11.9 Å². The van der Waals surface area contributed by atoms with Crippen LogP contribution < -0.4 is 5.32 Å². The molecule has 0 fully saturated rings. The van der Waals surface area contributed by atoms with Crippen LogP contribution >= 0.6 is 23.4 Å². The summed E-state index contributed by atoms with van der Waals surface area (Å²) in [5.41, 5.74) is 2.27. The first-order valence-electron chi connectivity index (χ1n) is 11.1. The number of halogens is 2. The second-order valence-corrected chi connectivity index (χ2v) is 9.19. The van der Waals surface area contributed by atoms with E-state index in [9.17, 15) is 14.0 Å². The van der Waals surface area contributed by atoms with E-state index in [0.717, 1.165) is 11.1 Å². The molecule has 7 heteroatoms. The zero-order valence-electron chi connectivity index (χ0n) is 19.0. The van der Waals surface area contributed by atoms with Crippen LogP contribution in [-0.4, -0.2) is 35.1 Å². The molecule has 1 N–H and O–H groups in total. The Bertz CT molecular complexity index is 1060. The number of hydrogen-bond acceptors (Lipinski definition) is 3. The Hall–Kier alpha value is -2.83. The normalized spacial score (nSPS) is 11.6. The van der Waals surface area contributed by atoms with Crippen LogP contribution in [-0.2, 0) is 28.3 Å². The predicted octanol–water partition coefficient (Wildman–Crippen LogP) is 5.49. The van der Waals surface area contributed by atoms with E-state index in [1.807, 2.05) is 67.6 Å². The zero-order chi connectivity index (χ0) is 24.3. The van der Waals surface area contributed by atoms with Gasteiger partial charge in [-0.2, -0.15) is 0 Å². The standard InChI is InChI=1S/C27H28ClFN2O2S/c1-2-30-27(33)25(16-20-10-5-3-6-11-20)31(17-21-12-7-4-8-13-21)26(32)19-34-18-22-23(28)14-9-15-24(22)29/h3-15,25H,2,16-19H2,1H3,(H,30,33)/t25-/m1/s1. The molecule has 1 atom stereocenters. The fraction of sp³-hybridized carbons (Fsp3) is 0.259. The Morgan fingerprint density at radius 2 is 1.62 bits per heavy atom. The first-order chi connectivity index (χ1) is 16.5. The lowest BCUT2D eigenvalue weighted by atomic mass is 10.0. The van der Waals surface area contributed by atoms with Gasteiger partial charge in [-0.15, -0.1) is 11.8 Å². The third-order valence-electron chi connectivity index (χ3n) is 5.35. The molecule has 3 aromatic rings. The number of hydrogen-bond donors (Lipinski definition) is 1. The summed E-state index contributed by atoms with van der Waals surface area (Å²) in [6, 6.07) is 23.1. The van der Waals surface area contributed by atoms with Crippen molar-refractivity contribution in [1.82, 2.24) is 10.2 Å². The highest BCUT2D eigenvalue weighted by molar-refractivity contribution is 7.99. The maximum absolute atomic E-state index is 14.1. The summed E-state index contributed by atoms with van der Waals surface area (Å²) in [7, 11) is 0. The largest absolute Gasteiger partial charge is 0.355 e. The summed E-state index contributed by atoms with van der Waals surface area (Å²) in [5, 5.41) is 3.22. The van der Waals surface area contributed by atoms with Gasteiger partial charge in [0.05, 0.1) is 5.75 Å². The maximum atomic E-state index is 14.1. The van der Waals surface area contributed by atoms with Gasteiger partial charge in [-0.1, -0.05) is 78.3 Å². The van der Waals surface area contributed by atoms with Crippen LogP contribution in [0.25, 0.3) is 0 Å². The van der Waals surface area contributed by atoms with Gasteiger partial charge in [0.25, 0.3) is 0 Å². The van der Waals surface area contributed by atoms with E-state index in [1.54, 1.807) is 17.0 Å². The maximum Gasteiger partial charge on any atom is 0.243 e. The first-order valence-corrected chi connectivity index (χ1v) is 12.7. The molecule has 0 unspecified atom stereocenters. The molecule has 0 aliphatic carbocycles. The Morgan fingerprint density at radius 3 is 2.24 bits per heavy atom. The van der Waals surface area contributed by atoms with E-state index in [1.165, 1.54) is 17.8 Å². The van der Waals surface area contributed by atoms with Crippen molar-refractivity contribution in [3.8, 4) is 0 Å². The van der Waals surface area contributed by atoms with Gasteiger partial charge in [0, 0.05) is 35.8 Å². The van der Waals surface area contributed by atoms with Crippen molar-refractivity contribution in [3.63, 3.8) is 0 Å². The molecule has 4 nitrogen and oxygen atoms in total. The lowest BCUT2D eigenvalue weighted by Gasteiger charge is -2.31. The summed E-state index contributed by atoms with van der Waals surface area (Å²) in [5.74, 6) is -0.410. The second-order valence-electron chi connectivity index (χ2n) is 7.80. The van der Waals surface area contributed by atoms with Crippen molar-refractivity contribution in [2.24, 2.45) is 0 Å². The number of carbonyl (C=O) groups excluding carboxylic acids is 2. The summed E-state index contributed by atoms with van der Waals surface area (Å²) < 4.78 is 14.1. The third kappa shape index (κ3) is 7.34. The summed E-state index contributed by atoms with van der Waals surface area (Å²) in [6.45, 7) is 2.63. The lowest BCUT2D eigenvalue weighted by molar-refractivity contribution is -0.139. The van der Waals surface area contributed by atoms with E-state index in [-0.39, 0.29) is 23.3 Å². The third-order valence-corrected chi connectivity index (χ3v) is 6.65. The Labute approximate surface area is 209 Å². The Morgan fingerprint density at radius 1 is 0.971 bits per heavy atom. The molecular formula is C27H28ClFN2O2S. The molecule has 0 aliphatic heterocycles. The van der Waals surface area contributed by atoms with Crippen molar-refractivity contribution in [1.29, 1.82) is 0 Å². The molecule has 178 valence electrons. The van der Waals surface area contributed by atoms with Gasteiger partial charge < -0.3 is 10.2 Å². The van der Waals surface area contributed by atoms with Crippen LogP contribution in [0.3, 0.4) is 0 Å². The highest BCUT2D eigenvalue weighted by Crippen LogP contribution is 2.25. The molecule has 0 saturated heterocycles. The average Bonchev–Trinajstić information content (AvgIpc) is 2.84. The van der Waals surface area contributed by atoms with Crippen molar-refractivity contribution in [2.45, 2.75) is 31.7 Å². The molecule has 34 heavy (non-hydrogen) atoms. The van der Waals surface area contributed by atoms with Crippen LogP contribution in [0.4, 0.5) is 4.39 Å². The van der Waals surface area contributed by atoms with Crippen LogP contribution in [0.2, 0.25) is 5.02 Å². The van der Waals surface area contributed by atoms with Gasteiger partial charge >= 0.3 is 0 Å². The van der Waals surface area contributed by atoms with Gasteiger partial charge in [0.2, 0.25) is 11.8 Å². The number of rotatable bonds is 11. The van der Waals surface area contributed by atoms with E-state index in [2.05, 4.69) is 5.32 Å². The highest BCUT2D eigenvalue weighted by atomic mass is 35.5. The van der Waals surface area contributed by atoms with Crippen LogP contribution in [0.15, 0.2) is 78.9 Å². The van der Waals surface area contributed by atoms with Crippen molar-refractivity contribution < 1.29 is 14.0 Å². The monoisotopic (exact) mass is 498 g/mol. The van der Waals surface area contributed by atoms with E-state index >= 15 is 0 Å². The fourth-order valence-electron chi connectivity index (χ4n) is 3.62. The topological polar surface area (TPSA) is 49.4 Å². The molecule has 0 spiro atoms. The molecule has 2 amide bonds. The SMILES string of the molecule is CCNC(=O)[C@@H](Cc1ccccc1)N(Cc1ccccc1)C(=O)CSCc1c(F)cccc1Cl. The number of thioether (sulfide) groups is 1. The minimum atomic E-state index is -0.673. The van der Waals surface area contributed by atoms with Crippen molar-refractivity contribution >= 4 is 35.2 Å². The quantitative estimate of drug-likeness (QED) is 0.380. The molecule has 0 heterocycles. The van der Waals surface area contributed by atoms with Gasteiger partial charge in [0.15, 0.2) is 0 Å². The summed E-state index contributed by atoms with van der Waals surface area (Å²) >= 11 is 7.41. The number of benzene rings is 3. The van der Waals surface area contributed by atoms with Crippen LogP contribution in [0.1, 0.15) is 23.6 Å². The molecule has 0 aliphatic rings. The predicted molar refractivity (Wildman–Crippen MR) is 137 cm³/mol. The Balaban J connectivity index is 1.82. The number of likely N-dealkylation sites (N-methyl/N-ethyl adjacent to an activating group) is 1. The molecule has 0 aromatic heterocycles. The zero-order valence-corrected chi connectivity index (χ0v) is 20.6. The molecule has 0 saturated carbocycles. The minimum absolute atomic E-state index is 0.0994. The highest BCUT2D eigenvalue weighted by Gasteiger charge is 2.30. The van der Waals surface area contributed by atoms with Crippen LogP contribution in [0, 0.1) is 5.82 Å². The minimum Gasteiger partial charge on any atom is -0.355 e. The van der Waals surface area contributed by atoms with Gasteiger partial charge in [-0.3, -0.25) is 9.59 Å². The number of nitrogens with zero attached hydrogens (tertiary/aromatic N) is 1. The fourth-order valence-corrected chi connectivity index (χ4v) is 4.87.